The van der Waals surface area contributed by atoms with E-state index in [0.717, 1.165) is 26.1 Å². The minimum absolute atomic E-state index is 0.393. The number of nitrogens with one attached hydrogen (secondary N) is 1. The zero-order valence-electron chi connectivity index (χ0n) is 9.94. The Bertz CT molecular complexity index is 533. The fourth-order valence-electron chi connectivity index (χ4n) is 1.28. The molecule has 1 N–H and O–H groups in total. The number of rotatable bonds is 5. The number of methoxy groups -OCH3 is 1. The molecule has 0 fully saturated rings. The van der Waals surface area contributed by atoms with Crippen molar-refractivity contribution >= 4 is 32.4 Å². The molecule has 0 aliphatic heterocycles. The Hall–Kier alpha value is -1.34. The summed E-state index contributed by atoms with van der Waals surface area (Å²) in [6, 6.07) is 5.55. The van der Waals surface area contributed by atoms with Crippen molar-refractivity contribution in [3.63, 3.8) is 0 Å². The van der Waals surface area contributed by atoms with Crippen LogP contribution in [0.15, 0.2) is 22.7 Å². The zero-order chi connectivity index (χ0) is 13.0. The van der Waals surface area contributed by atoms with Crippen LogP contribution < -0.4 is 14.8 Å². The third-order valence-corrected chi connectivity index (χ3v) is 3.70. The van der Waals surface area contributed by atoms with Gasteiger partial charge in [0.1, 0.15) is 18.1 Å². The highest BCUT2D eigenvalue weighted by atomic mass is 79.9. The van der Waals surface area contributed by atoms with Crippen molar-refractivity contribution in [2.24, 2.45) is 0 Å². The third-order valence-electron chi connectivity index (χ3n) is 2.17. The van der Waals surface area contributed by atoms with Crippen LogP contribution in [-0.4, -0.2) is 24.4 Å². The molecule has 18 heavy (non-hydrogen) atoms. The zero-order valence-corrected chi connectivity index (χ0v) is 12.3. The maximum atomic E-state index is 5.66. The summed E-state index contributed by atoms with van der Waals surface area (Å²) < 4.78 is 11.6. The van der Waals surface area contributed by atoms with Crippen molar-refractivity contribution < 1.29 is 9.47 Å². The molecular formula is C11H12BrN3O2S. The van der Waals surface area contributed by atoms with Gasteiger partial charge in [0.2, 0.25) is 5.13 Å². The molecule has 7 heteroatoms. The summed E-state index contributed by atoms with van der Waals surface area (Å²) in [5.41, 5.74) is 0. The Morgan fingerprint density at radius 3 is 2.83 bits per heavy atom. The SMILES string of the molecule is CNc1nnc(COc2ccc(OC)cc2Br)s1. The molecule has 0 saturated carbocycles. The van der Waals surface area contributed by atoms with Crippen molar-refractivity contribution in [2.45, 2.75) is 6.61 Å². The molecule has 2 aromatic rings. The van der Waals surface area contributed by atoms with Gasteiger partial charge in [-0.3, -0.25) is 0 Å². The number of hydrogen-bond donors (Lipinski definition) is 1. The number of halogens is 1. The second kappa shape index (κ2) is 6.01. The van der Waals surface area contributed by atoms with Gasteiger partial charge in [0.05, 0.1) is 11.6 Å². The topological polar surface area (TPSA) is 56.3 Å². The molecule has 0 radical (unpaired) electrons. The molecule has 1 aromatic carbocycles. The molecule has 0 unspecified atom stereocenters. The fraction of sp³-hybridized carbons (Fsp3) is 0.273. The number of aromatic nitrogens is 2. The Morgan fingerprint density at radius 1 is 1.39 bits per heavy atom. The van der Waals surface area contributed by atoms with Crippen LogP contribution in [0.4, 0.5) is 5.13 Å². The number of anilines is 1. The average Bonchev–Trinajstić information content (AvgIpc) is 2.85. The van der Waals surface area contributed by atoms with E-state index in [1.165, 1.54) is 11.3 Å². The largest absolute Gasteiger partial charge is 0.497 e. The van der Waals surface area contributed by atoms with E-state index in [-0.39, 0.29) is 0 Å². The molecule has 0 aliphatic carbocycles. The average molecular weight is 330 g/mol. The highest BCUT2D eigenvalue weighted by Gasteiger charge is 2.06. The molecule has 96 valence electrons. The molecule has 0 saturated heterocycles. The van der Waals surface area contributed by atoms with Gasteiger partial charge in [-0.25, -0.2) is 0 Å². The summed E-state index contributed by atoms with van der Waals surface area (Å²) in [6.07, 6.45) is 0. The van der Waals surface area contributed by atoms with Gasteiger partial charge in [0.25, 0.3) is 0 Å². The van der Waals surface area contributed by atoms with Crippen LogP contribution in [0.2, 0.25) is 0 Å². The van der Waals surface area contributed by atoms with Gasteiger partial charge in [-0.05, 0) is 34.1 Å². The fourth-order valence-corrected chi connectivity index (χ4v) is 2.36. The number of hydrogen-bond acceptors (Lipinski definition) is 6. The van der Waals surface area contributed by atoms with Gasteiger partial charge < -0.3 is 14.8 Å². The lowest BCUT2D eigenvalue weighted by molar-refractivity contribution is 0.302. The van der Waals surface area contributed by atoms with Crippen molar-refractivity contribution in [1.82, 2.24) is 10.2 Å². The lowest BCUT2D eigenvalue weighted by Crippen LogP contribution is -1.95. The van der Waals surface area contributed by atoms with Gasteiger partial charge in [0, 0.05) is 7.05 Å². The predicted octanol–water partition coefficient (Wildman–Crippen LogP) is 2.93. The Labute approximate surface area is 117 Å². The molecule has 0 bridgehead atoms. The second-order valence-electron chi connectivity index (χ2n) is 3.34. The summed E-state index contributed by atoms with van der Waals surface area (Å²) in [5.74, 6) is 1.53. The molecule has 1 aromatic heterocycles. The molecule has 2 rings (SSSR count). The van der Waals surface area contributed by atoms with Gasteiger partial charge in [-0.1, -0.05) is 11.3 Å². The summed E-state index contributed by atoms with van der Waals surface area (Å²) in [6.45, 7) is 0.393. The molecule has 0 aliphatic rings. The van der Waals surface area contributed by atoms with Crippen molar-refractivity contribution in [3.8, 4) is 11.5 Å². The lowest BCUT2D eigenvalue weighted by Gasteiger charge is -2.07. The lowest BCUT2D eigenvalue weighted by atomic mass is 10.3. The maximum absolute atomic E-state index is 5.66. The van der Waals surface area contributed by atoms with Crippen molar-refractivity contribution in [2.75, 3.05) is 19.5 Å². The predicted molar refractivity (Wildman–Crippen MR) is 74.5 cm³/mol. The van der Waals surface area contributed by atoms with Crippen LogP contribution in [0.25, 0.3) is 0 Å². The summed E-state index contributed by atoms with van der Waals surface area (Å²) in [7, 11) is 3.44. The van der Waals surface area contributed by atoms with Crippen molar-refractivity contribution in [3.05, 3.63) is 27.7 Å². The van der Waals surface area contributed by atoms with Crippen LogP contribution in [0, 0.1) is 0 Å². The standard InChI is InChI=1S/C11H12BrN3O2S/c1-13-11-15-14-10(18-11)6-17-9-4-3-7(16-2)5-8(9)12/h3-5H,6H2,1-2H3,(H,13,15). The Balaban J connectivity index is 2.01. The van der Waals surface area contributed by atoms with Crippen molar-refractivity contribution in [1.29, 1.82) is 0 Å². The van der Waals surface area contributed by atoms with E-state index in [9.17, 15) is 0 Å². The first kappa shape index (κ1) is 13.1. The second-order valence-corrected chi connectivity index (χ2v) is 5.25. The van der Waals surface area contributed by atoms with Gasteiger partial charge in [0.15, 0.2) is 5.01 Å². The van der Waals surface area contributed by atoms with Crippen LogP contribution in [-0.2, 0) is 6.61 Å². The minimum Gasteiger partial charge on any atom is -0.497 e. The summed E-state index contributed by atoms with van der Waals surface area (Å²) in [4.78, 5) is 0. The monoisotopic (exact) mass is 329 g/mol. The van der Waals surface area contributed by atoms with Crippen LogP contribution in [0.5, 0.6) is 11.5 Å². The van der Waals surface area contributed by atoms with Gasteiger partial charge in [-0.2, -0.15) is 0 Å². The minimum atomic E-state index is 0.393. The highest BCUT2D eigenvalue weighted by molar-refractivity contribution is 9.10. The van der Waals surface area contributed by atoms with E-state index < -0.39 is 0 Å². The van der Waals surface area contributed by atoms with E-state index in [4.69, 9.17) is 9.47 Å². The Morgan fingerprint density at radius 2 is 2.22 bits per heavy atom. The molecule has 0 atom stereocenters. The van der Waals surface area contributed by atoms with Gasteiger partial charge >= 0.3 is 0 Å². The normalized spacial score (nSPS) is 10.2. The molecular weight excluding hydrogens is 318 g/mol. The third kappa shape index (κ3) is 3.11. The highest BCUT2D eigenvalue weighted by Crippen LogP contribution is 2.30. The van der Waals surface area contributed by atoms with Crippen LogP contribution in [0.3, 0.4) is 0 Å². The summed E-state index contributed by atoms with van der Waals surface area (Å²) >= 11 is 4.90. The van der Waals surface area contributed by atoms with Gasteiger partial charge in [-0.15, -0.1) is 10.2 Å². The quantitative estimate of drug-likeness (QED) is 0.913. The van der Waals surface area contributed by atoms with Crippen LogP contribution in [0.1, 0.15) is 5.01 Å². The van der Waals surface area contributed by atoms with E-state index >= 15 is 0 Å². The van der Waals surface area contributed by atoms with E-state index in [1.54, 1.807) is 7.11 Å². The van der Waals surface area contributed by atoms with Crippen LogP contribution >= 0.6 is 27.3 Å². The molecule has 1 heterocycles. The van der Waals surface area contributed by atoms with E-state index in [0.29, 0.717) is 6.61 Å². The van der Waals surface area contributed by atoms with E-state index in [2.05, 4.69) is 31.4 Å². The number of nitrogens with zero attached hydrogens (tertiary/aromatic N) is 2. The first-order chi connectivity index (χ1) is 8.72. The Kier molecular flexibility index (Phi) is 4.38. The smallest absolute Gasteiger partial charge is 0.205 e. The molecule has 0 spiro atoms. The molecule has 0 amide bonds. The molecule has 5 nitrogen and oxygen atoms in total. The number of benzene rings is 1. The number of ether oxygens (including phenoxy) is 2. The van der Waals surface area contributed by atoms with E-state index in [1.807, 2.05) is 25.2 Å². The maximum Gasteiger partial charge on any atom is 0.205 e. The summed E-state index contributed by atoms with van der Waals surface area (Å²) in [5, 5.41) is 12.5. The first-order valence-electron chi connectivity index (χ1n) is 5.19. The first-order valence-corrected chi connectivity index (χ1v) is 6.80.